The Morgan fingerprint density at radius 2 is 2.06 bits per heavy atom. The van der Waals surface area contributed by atoms with Crippen LogP contribution in [0.5, 0.6) is 0 Å². The molecular weight excluding hydrogens is 205 g/mol. The maximum atomic E-state index is 13.3. The lowest BCUT2D eigenvalue weighted by Crippen LogP contribution is -1.93. The number of allylic oxidation sites excluding steroid dienone is 1. The van der Waals surface area contributed by atoms with Gasteiger partial charge in [0.2, 0.25) is 0 Å². The molecule has 0 unspecified atom stereocenters. The van der Waals surface area contributed by atoms with Crippen molar-refractivity contribution in [3.05, 3.63) is 41.4 Å². The second-order valence-electron chi connectivity index (χ2n) is 2.76. The monoisotopic (exact) mass is 211 g/mol. The predicted octanol–water partition coefficient (Wildman–Crippen LogP) is 2.15. The zero-order valence-electron chi connectivity index (χ0n) is 8.16. The first-order valence-electron chi connectivity index (χ1n) is 4.24. The van der Waals surface area contributed by atoms with Crippen LogP contribution < -0.4 is 5.32 Å². The molecule has 76 valence electrons. The predicted molar refractivity (Wildman–Crippen MR) is 57.3 cm³/mol. The van der Waals surface area contributed by atoms with Gasteiger partial charge in [-0.1, -0.05) is 5.92 Å². The van der Waals surface area contributed by atoms with Crippen molar-refractivity contribution in [2.24, 2.45) is 0 Å². The van der Waals surface area contributed by atoms with Crippen molar-refractivity contribution in [1.29, 1.82) is 10.5 Å². The molecule has 0 atom stereocenters. The van der Waals surface area contributed by atoms with Crippen LogP contribution in [0.4, 0.5) is 10.1 Å². The van der Waals surface area contributed by atoms with Crippen molar-refractivity contribution < 1.29 is 4.39 Å². The molecule has 0 aliphatic carbocycles. The summed E-state index contributed by atoms with van der Waals surface area (Å²) in [5.41, 5.74) is 0.440. The van der Waals surface area contributed by atoms with Gasteiger partial charge in [0.15, 0.2) is 0 Å². The normalized spacial score (nSPS) is 8.12. The van der Waals surface area contributed by atoms with Gasteiger partial charge in [-0.15, -0.1) is 6.42 Å². The lowest BCUT2D eigenvalue weighted by Gasteiger charge is -2.02. The molecule has 0 saturated carbocycles. The number of anilines is 1. The molecule has 0 fully saturated rings. The minimum atomic E-state index is -0.540. The van der Waals surface area contributed by atoms with Gasteiger partial charge in [0.05, 0.1) is 5.69 Å². The summed E-state index contributed by atoms with van der Waals surface area (Å²) in [6.07, 6.45) is 6.23. The number of halogens is 1. The van der Waals surface area contributed by atoms with Gasteiger partial charge in [-0.05, 0) is 18.2 Å². The molecule has 0 aliphatic rings. The van der Waals surface area contributed by atoms with Gasteiger partial charge in [0.1, 0.15) is 23.5 Å². The van der Waals surface area contributed by atoms with Gasteiger partial charge in [-0.2, -0.15) is 10.5 Å². The van der Waals surface area contributed by atoms with E-state index in [4.69, 9.17) is 16.9 Å². The number of benzene rings is 1. The van der Waals surface area contributed by atoms with Crippen LogP contribution in [0.25, 0.3) is 0 Å². The Labute approximate surface area is 92.4 Å². The number of nitriles is 2. The van der Waals surface area contributed by atoms with E-state index in [9.17, 15) is 4.39 Å². The molecule has 1 N–H and O–H groups in total. The van der Waals surface area contributed by atoms with Crippen LogP contribution >= 0.6 is 0 Å². The van der Waals surface area contributed by atoms with E-state index < -0.39 is 5.82 Å². The highest BCUT2D eigenvalue weighted by atomic mass is 19.1. The minimum absolute atomic E-state index is 0.138. The Balaban J connectivity index is 2.94. The molecule has 0 saturated heterocycles. The number of hydrogen-bond donors (Lipinski definition) is 1. The fraction of sp³-hybridized carbons (Fsp3) is 0. The third kappa shape index (κ3) is 2.61. The SMILES string of the molecule is C#Cc1ccc(NC=C(C#N)C#N)c(F)c1. The Morgan fingerprint density at radius 1 is 1.38 bits per heavy atom. The molecule has 3 nitrogen and oxygen atoms in total. The van der Waals surface area contributed by atoms with E-state index in [1.165, 1.54) is 12.1 Å². The van der Waals surface area contributed by atoms with E-state index in [0.29, 0.717) is 5.56 Å². The van der Waals surface area contributed by atoms with Crippen LogP contribution in [0.2, 0.25) is 0 Å². The standard InChI is InChI=1S/C12H6FN3/c1-2-9-3-4-12(11(13)5-9)16-8-10(6-14)7-15/h1,3-5,8,16H. The van der Waals surface area contributed by atoms with Crippen LogP contribution in [-0.4, -0.2) is 0 Å². The first kappa shape index (κ1) is 11.3. The number of hydrogen-bond acceptors (Lipinski definition) is 3. The van der Waals surface area contributed by atoms with Crippen LogP contribution in [0.1, 0.15) is 5.56 Å². The molecule has 0 radical (unpaired) electrons. The van der Waals surface area contributed by atoms with Crippen molar-refractivity contribution in [2.45, 2.75) is 0 Å². The average Bonchev–Trinajstić information content (AvgIpc) is 2.32. The van der Waals surface area contributed by atoms with Crippen molar-refractivity contribution in [1.82, 2.24) is 0 Å². The summed E-state index contributed by atoms with van der Waals surface area (Å²) < 4.78 is 13.3. The fourth-order valence-electron chi connectivity index (χ4n) is 0.961. The molecule has 0 bridgehead atoms. The largest absolute Gasteiger partial charge is 0.357 e. The highest BCUT2D eigenvalue weighted by Crippen LogP contribution is 2.15. The average molecular weight is 211 g/mol. The first-order valence-corrected chi connectivity index (χ1v) is 4.24. The third-order valence-electron chi connectivity index (χ3n) is 1.75. The van der Waals surface area contributed by atoms with Gasteiger partial charge in [0, 0.05) is 11.8 Å². The van der Waals surface area contributed by atoms with Gasteiger partial charge >= 0.3 is 0 Å². The number of nitrogens with zero attached hydrogens (tertiary/aromatic N) is 2. The van der Waals surface area contributed by atoms with Crippen LogP contribution in [0, 0.1) is 40.8 Å². The van der Waals surface area contributed by atoms with E-state index in [0.717, 1.165) is 6.20 Å². The number of terminal acetylenes is 1. The Bertz CT molecular complexity index is 537. The van der Waals surface area contributed by atoms with Crippen molar-refractivity contribution >= 4 is 5.69 Å². The summed E-state index contributed by atoms with van der Waals surface area (Å²) in [4.78, 5) is 0. The second kappa shape index (κ2) is 5.20. The Hall–Kier alpha value is -2.77. The second-order valence-corrected chi connectivity index (χ2v) is 2.76. The first-order chi connectivity index (χ1) is 7.71. The molecule has 0 amide bonds. The van der Waals surface area contributed by atoms with Crippen molar-refractivity contribution in [3.63, 3.8) is 0 Å². The topological polar surface area (TPSA) is 59.6 Å². The zero-order chi connectivity index (χ0) is 12.0. The summed E-state index contributed by atoms with van der Waals surface area (Å²) in [5.74, 6) is 1.75. The summed E-state index contributed by atoms with van der Waals surface area (Å²) in [5, 5.41) is 19.4. The summed E-state index contributed by atoms with van der Waals surface area (Å²) in [6.45, 7) is 0. The molecule has 0 aromatic heterocycles. The Kier molecular flexibility index (Phi) is 3.67. The lowest BCUT2D eigenvalue weighted by molar-refractivity contribution is 0.631. The minimum Gasteiger partial charge on any atom is -0.357 e. The molecular formula is C12H6FN3. The molecule has 1 aromatic rings. The van der Waals surface area contributed by atoms with Crippen molar-refractivity contribution in [3.8, 4) is 24.5 Å². The van der Waals surface area contributed by atoms with E-state index in [2.05, 4.69) is 11.2 Å². The molecule has 1 aromatic carbocycles. The van der Waals surface area contributed by atoms with E-state index in [-0.39, 0.29) is 11.3 Å². The van der Waals surface area contributed by atoms with E-state index in [1.807, 2.05) is 0 Å². The molecule has 16 heavy (non-hydrogen) atoms. The highest BCUT2D eigenvalue weighted by Gasteiger charge is 2.01. The maximum absolute atomic E-state index is 13.3. The zero-order valence-corrected chi connectivity index (χ0v) is 8.16. The van der Waals surface area contributed by atoms with Gasteiger partial charge in [0.25, 0.3) is 0 Å². The van der Waals surface area contributed by atoms with Gasteiger partial charge in [-0.3, -0.25) is 0 Å². The molecule has 0 spiro atoms. The molecule has 4 heteroatoms. The quantitative estimate of drug-likeness (QED) is 0.602. The fourth-order valence-corrected chi connectivity index (χ4v) is 0.961. The lowest BCUT2D eigenvalue weighted by atomic mass is 10.2. The van der Waals surface area contributed by atoms with E-state index in [1.54, 1.807) is 18.2 Å². The van der Waals surface area contributed by atoms with E-state index >= 15 is 0 Å². The highest BCUT2D eigenvalue weighted by molar-refractivity contribution is 5.53. The Morgan fingerprint density at radius 3 is 2.56 bits per heavy atom. The summed E-state index contributed by atoms with van der Waals surface area (Å²) >= 11 is 0. The molecule has 0 heterocycles. The number of nitrogens with one attached hydrogen (secondary N) is 1. The van der Waals surface area contributed by atoms with Crippen molar-refractivity contribution in [2.75, 3.05) is 5.32 Å². The molecule has 0 aliphatic heterocycles. The van der Waals surface area contributed by atoms with Gasteiger partial charge in [-0.25, -0.2) is 4.39 Å². The van der Waals surface area contributed by atoms with Crippen LogP contribution in [0.3, 0.4) is 0 Å². The summed E-state index contributed by atoms with van der Waals surface area (Å²) in [6, 6.07) is 7.47. The van der Waals surface area contributed by atoms with Crippen LogP contribution in [0.15, 0.2) is 30.0 Å². The smallest absolute Gasteiger partial charge is 0.147 e. The molecule has 1 rings (SSSR count). The maximum Gasteiger partial charge on any atom is 0.147 e. The number of rotatable bonds is 2. The van der Waals surface area contributed by atoms with Gasteiger partial charge < -0.3 is 5.32 Å². The van der Waals surface area contributed by atoms with Crippen LogP contribution in [-0.2, 0) is 0 Å². The third-order valence-corrected chi connectivity index (χ3v) is 1.75. The summed E-state index contributed by atoms with van der Waals surface area (Å²) in [7, 11) is 0.